The average Bonchev–Trinajstić information content (AvgIpc) is 3.18. The first-order valence-corrected chi connectivity index (χ1v) is 12.3. The van der Waals surface area contributed by atoms with Crippen LogP contribution in [0.2, 0.25) is 5.02 Å². The highest BCUT2D eigenvalue weighted by Gasteiger charge is 2.32. The van der Waals surface area contributed by atoms with Crippen LogP contribution in [-0.4, -0.2) is 9.49 Å². The van der Waals surface area contributed by atoms with E-state index in [4.69, 9.17) is 16.6 Å². The van der Waals surface area contributed by atoms with Crippen LogP contribution in [-0.2, 0) is 6.42 Å². The topological polar surface area (TPSA) is 77.5 Å². The molecule has 0 N–H and O–H groups in total. The highest BCUT2D eigenvalue weighted by atomic mass is 35.5. The van der Waals surface area contributed by atoms with E-state index >= 15 is 0 Å². The van der Waals surface area contributed by atoms with E-state index in [2.05, 4.69) is 12.1 Å². The fourth-order valence-corrected chi connectivity index (χ4v) is 5.97. The maximum Gasteiger partial charge on any atom is 0.271 e. The molecule has 0 spiro atoms. The Morgan fingerprint density at radius 3 is 2.66 bits per heavy atom. The maximum absolute atomic E-state index is 13.7. The monoisotopic (exact) mass is 499 g/mol. The van der Waals surface area contributed by atoms with Crippen molar-refractivity contribution in [3.8, 4) is 0 Å². The van der Waals surface area contributed by atoms with Gasteiger partial charge in [-0.1, -0.05) is 71.5 Å². The van der Waals surface area contributed by atoms with Gasteiger partial charge in [-0.25, -0.2) is 4.99 Å². The minimum absolute atomic E-state index is 0.0161. The lowest BCUT2D eigenvalue weighted by molar-refractivity contribution is -0.384. The summed E-state index contributed by atoms with van der Waals surface area (Å²) in [5.41, 5.74) is 5.78. The summed E-state index contributed by atoms with van der Waals surface area (Å²) >= 11 is 7.47. The predicted octanol–water partition coefficient (Wildman–Crippen LogP) is 4.88. The van der Waals surface area contributed by atoms with Gasteiger partial charge in [-0.2, -0.15) is 0 Å². The van der Waals surface area contributed by atoms with Crippen molar-refractivity contribution >= 4 is 40.4 Å². The summed E-state index contributed by atoms with van der Waals surface area (Å²) in [5.74, 6) is 0. The Bertz CT molecular complexity index is 1720. The number of fused-ring (bicyclic) bond motifs is 3. The third-order valence-corrected chi connectivity index (χ3v) is 7.67. The van der Waals surface area contributed by atoms with Crippen molar-refractivity contribution in [1.29, 1.82) is 0 Å². The number of hydrogen-bond donors (Lipinski definition) is 0. The molecule has 0 amide bonds. The van der Waals surface area contributed by atoms with Gasteiger partial charge in [0.2, 0.25) is 0 Å². The molecule has 8 heteroatoms. The molecule has 2 heterocycles. The van der Waals surface area contributed by atoms with Gasteiger partial charge in [0.1, 0.15) is 0 Å². The van der Waals surface area contributed by atoms with E-state index in [0.29, 0.717) is 19.9 Å². The Labute approximate surface area is 208 Å². The van der Waals surface area contributed by atoms with Crippen LogP contribution in [0.3, 0.4) is 0 Å². The summed E-state index contributed by atoms with van der Waals surface area (Å²) in [6.45, 7) is 0. The van der Waals surface area contributed by atoms with E-state index in [0.717, 1.165) is 35.2 Å². The van der Waals surface area contributed by atoms with E-state index in [1.807, 2.05) is 36.4 Å². The molecule has 0 fully saturated rings. The van der Waals surface area contributed by atoms with Crippen LogP contribution in [0.25, 0.3) is 11.8 Å². The van der Waals surface area contributed by atoms with Gasteiger partial charge in [-0.15, -0.1) is 0 Å². The van der Waals surface area contributed by atoms with Gasteiger partial charge in [-0.05, 0) is 53.3 Å². The first kappa shape index (κ1) is 21.7. The number of nitro benzene ring substituents is 1. The number of nitro groups is 1. The zero-order valence-electron chi connectivity index (χ0n) is 18.3. The molecular formula is C27H18ClN3O3S. The smallest absolute Gasteiger partial charge is 0.271 e. The fraction of sp³-hybridized carbons (Fsp3) is 0.111. The average molecular weight is 500 g/mol. The van der Waals surface area contributed by atoms with Crippen molar-refractivity contribution in [3.05, 3.63) is 135 Å². The molecule has 0 saturated heterocycles. The first-order chi connectivity index (χ1) is 17.0. The van der Waals surface area contributed by atoms with Crippen molar-refractivity contribution in [2.24, 2.45) is 4.99 Å². The number of thiazole rings is 1. The quantitative estimate of drug-likeness (QED) is 0.298. The summed E-state index contributed by atoms with van der Waals surface area (Å²) in [5, 5.41) is 11.8. The van der Waals surface area contributed by atoms with E-state index in [1.165, 1.54) is 29.0 Å². The zero-order valence-corrected chi connectivity index (χ0v) is 19.9. The SMILES string of the molecule is O=c1c(=Cc2cccc([N+](=O)[O-])c2)sc2n1C(c1ccc(Cl)cc1)C1=C(N=2)c2ccccc2CC1. The first-order valence-electron chi connectivity index (χ1n) is 11.1. The normalized spacial score (nSPS) is 16.8. The lowest BCUT2D eigenvalue weighted by Crippen LogP contribution is -2.38. The molecule has 1 aliphatic heterocycles. The number of non-ortho nitro benzene ring substituents is 1. The fourth-order valence-electron chi connectivity index (χ4n) is 4.85. The molecular weight excluding hydrogens is 482 g/mol. The number of aromatic nitrogens is 1. The molecule has 3 aromatic carbocycles. The van der Waals surface area contributed by atoms with E-state index in [9.17, 15) is 14.9 Å². The maximum atomic E-state index is 13.7. The number of nitrogens with zero attached hydrogens (tertiary/aromatic N) is 3. The highest BCUT2D eigenvalue weighted by molar-refractivity contribution is 7.07. The Morgan fingerprint density at radius 2 is 1.86 bits per heavy atom. The third-order valence-electron chi connectivity index (χ3n) is 6.44. The highest BCUT2D eigenvalue weighted by Crippen LogP contribution is 2.41. The lowest BCUT2D eigenvalue weighted by Gasteiger charge is -2.30. The lowest BCUT2D eigenvalue weighted by atomic mass is 9.83. The molecule has 1 atom stereocenters. The molecule has 0 bridgehead atoms. The van der Waals surface area contributed by atoms with Crippen molar-refractivity contribution in [1.82, 2.24) is 4.57 Å². The van der Waals surface area contributed by atoms with Crippen molar-refractivity contribution < 1.29 is 4.92 Å². The number of allylic oxidation sites excluding steroid dienone is 1. The summed E-state index contributed by atoms with van der Waals surface area (Å²) in [7, 11) is 0. The Kier molecular flexibility index (Phi) is 5.24. The second-order valence-corrected chi connectivity index (χ2v) is 9.96. The summed E-state index contributed by atoms with van der Waals surface area (Å²) < 4.78 is 2.24. The zero-order chi connectivity index (χ0) is 24.1. The molecule has 35 heavy (non-hydrogen) atoms. The molecule has 2 aliphatic rings. The van der Waals surface area contributed by atoms with Gasteiger partial charge in [0.05, 0.1) is 21.2 Å². The number of aryl methyl sites for hydroxylation is 1. The molecule has 1 aromatic heterocycles. The van der Waals surface area contributed by atoms with Crippen molar-refractivity contribution in [3.63, 3.8) is 0 Å². The van der Waals surface area contributed by atoms with Gasteiger partial charge >= 0.3 is 0 Å². The van der Waals surface area contributed by atoms with Crippen LogP contribution in [0.15, 0.2) is 88.2 Å². The van der Waals surface area contributed by atoms with Gasteiger partial charge in [0, 0.05) is 22.7 Å². The summed E-state index contributed by atoms with van der Waals surface area (Å²) in [4.78, 5) is 30.1. The molecule has 0 saturated carbocycles. The van der Waals surface area contributed by atoms with E-state index < -0.39 is 4.92 Å². The van der Waals surface area contributed by atoms with Gasteiger partial charge < -0.3 is 0 Å². The van der Waals surface area contributed by atoms with Gasteiger partial charge in [-0.3, -0.25) is 19.5 Å². The molecule has 1 aliphatic carbocycles. The number of hydrogen-bond acceptors (Lipinski definition) is 5. The van der Waals surface area contributed by atoms with Crippen LogP contribution in [0, 0.1) is 10.1 Å². The summed E-state index contributed by atoms with van der Waals surface area (Å²) in [6, 6.07) is 21.8. The molecule has 4 aromatic rings. The van der Waals surface area contributed by atoms with Crippen LogP contribution in [0.1, 0.15) is 34.7 Å². The minimum Gasteiger partial charge on any atom is -0.272 e. The number of halogens is 1. The Morgan fingerprint density at radius 1 is 1.06 bits per heavy atom. The molecule has 172 valence electrons. The largest absolute Gasteiger partial charge is 0.272 e. The van der Waals surface area contributed by atoms with Crippen molar-refractivity contribution in [2.45, 2.75) is 18.9 Å². The van der Waals surface area contributed by atoms with Crippen LogP contribution in [0.5, 0.6) is 0 Å². The number of rotatable bonds is 3. The second kappa shape index (κ2) is 8.45. The van der Waals surface area contributed by atoms with Crippen LogP contribution in [0.4, 0.5) is 5.69 Å². The Hall–Kier alpha value is -3.81. The Balaban J connectivity index is 1.60. The van der Waals surface area contributed by atoms with Gasteiger partial charge in [0.15, 0.2) is 4.80 Å². The standard InChI is InChI=1S/C27H18ClN3O3S/c28-19-11-8-18(9-12-19)25-22-13-10-17-5-1-2-7-21(17)24(22)29-27-30(25)26(32)23(35-27)15-16-4-3-6-20(14-16)31(33)34/h1-9,11-12,14-15,25H,10,13H2. The number of benzene rings is 3. The molecule has 6 rings (SSSR count). The van der Waals surface area contributed by atoms with Crippen molar-refractivity contribution in [2.75, 3.05) is 0 Å². The predicted molar refractivity (Wildman–Crippen MR) is 137 cm³/mol. The third kappa shape index (κ3) is 3.73. The summed E-state index contributed by atoms with van der Waals surface area (Å²) in [6.07, 6.45) is 3.39. The van der Waals surface area contributed by atoms with Gasteiger partial charge in [0.25, 0.3) is 11.2 Å². The minimum atomic E-state index is -0.440. The molecule has 1 unspecified atom stereocenters. The van der Waals surface area contributed by atoms with Crippen LogP contribution >= 0.6 is 22.9 Å². The van der Waals surface area contributed by atoms with E-state index in [-0.39, 0.29) is 17.3 Å². The molecule has 6 nitrogen and oxygen atoms in total. The molecule has 0 radical (unpaired) electrons. The van der Waals surface area contributed by atoms with E-state index in [1.54, 1.807) is 22.8 Å². The second-order valence-electron chi connectivity index (χ2n) is 8.52. The van der Waals surface area contributed by atoms with Crippen LogP contribution < -0.4 is 14.9 Å².